The number of hydrogen-bond acceptors (Lipinski definition) is 2. The fraction of sp³-hybridized carbons (Fsp3) is 0.375. The molecule has 5 nitrogen and oxygen atoms in total. The molecular weight excluding hydrogens is 413 g/mol. The van der Waals surface area contributed by atoms with Crippen molar-refractivity contribution in [2.45, 2.75) is 17.3 Å². The number of nitrogens with zero attached hydrogens (tertiary/aromatic N) is 2. The summed E-state index contributed by atoms with van der Waals surface area (Å²) < 4.78 is 26.4. The molecule has 1 rings (SSSR count). The molecule has 1 aromatic carbocycles. The number of rotatable bonds is 7. The van der Waals surface area contributed by atoms with Gasteiger partial charge >= 0.3 is 17.4 Å². The highest BCUT2D eigenvalue weighted by molar-refractivity contribution is 6.42. The second kappa shape index (κ2) is 8.41. The Hall–Kier alpha value is -1.57. The summed E-state index contributed by atoms with van der Waals surface area (Å²) >= 11 is 16.7. The van der Waals surface area contributed by atoms with Gasteiger partial charge in [-0.3, -0.25) is 9.69 Å². The van der Waals surface area contributed by atoms with Crippen LogP contribution in [0.1, 0.15) is 12.0 Å². The number of amides is 2. The van der Waals surface area contributed by atoms with E-state index in [4.69, 9.17) is 34.8 Å². The van der Waals surface area contributed by atoms with E-state index >= 15 is 0 Å². The van der Waals surface area contributed by atoms with Crippen LogP contribution in [0, 0.1) is 0 Å². The SMILES string of the molecule is C=CCC(CN(C)C(=O)C(F)(F)Cl)(c1ccc(Cl)c(Cl)c1)N(C)C(=O)O. The quantitative estimate of drug-likeness (QED) is 0.506. The molecule has 1 unspecified atom stereocenters. The fourth-order valence-corrected chi connectivity index (χ4v) is 3.04. The highest BCUT2D eigenvalue weighted by Crippen LogP contribution is 2.37. The predicted octanol–water partition coefficient (Wildman–Crippen LogP) is 4.66. The molecule has 0 heterocycles. The first-order valence-electron chi connectivity index (χ1n) is 7.22. The van der Waals surface area contributed by atoms with E-state index in [2.05, 4.69) is 6.58 Å². The Morgan fingerprint density at radius 1 is 1.27 bits per heavy atom. The molecule has 0 aliphatic heterocycles. The molecule has 1 N–H and O–H groups in total. The first-order chi connectivity index (χ1) is 11.9. The molecule has 0 aromatic heterocycles. The first kappa shape index (κ1) is 22.5. The van der Waals surface area contributed by atoms with Gasteiger partial charge in [-0.1, -0.05) is 35.3 Å². The summed E-state index contributed by atoms with van der Waals surface area (Å²) in [6.07, 6.45) is 0.0923. The molecule has 1 atom stereocenters. The average Bonchev–Trinajstić information content (AvgIpc) is 2.54. The number of carboxylic acid groups (broad SMARTS) is 1. The van der Waals surface area contributed by atoms with E-state index in [1.165, 1.54) is 31.3 Å². The second-order valence-electron chi connectivity index (χ2n) is 5.65. The number of alkyl halides is 3. The average molecular weight is 430 g/mol. The van der Waals surface area contributed by atoms with Crippen LogP contribution in [0.3, 0.4) is 0 Å². The van der Waals surface area contributed by atoms with Crippen molar-refractivity contribution in [2.24, 2.45) is 0 Å². The normalized spacial score (nSPS) is 13.7. The third kappa shape index (κ3) is 4.78. The minimum absolute atomic E-state index is 0.0131. The number of carbonyl (C=O) groups excluding carboxylic acids is 1. The van der Waals surface area contributed by atoms with Crippen LogP contribution in [0.2, 0.25) is 10.0 Å². The van der Waals surface area contributed by atoms with Crippen molar-refractivity contribution < 1.29 is 23.5 Å². The third-order valence-electron chi connectivity index (χ3n) is 3.96. The van der Waals surface area contributed by atoms with Gasteiger partial charge in [0.2, 0.25) is 0 Å². The van der Waals surface area contributed by atoms with E-state index in [0.29, 0.717) is 10.5 Å². The lowest BCUT2D eigenvalue weighted by atomic mass is 9.84. The Morgan fingerprint density at radius 2 is 1.85 bits per heavy atom. The van der Waals surface area contributed by atoms with Gasteiger partial charge in [-0.2, -0.15) is 8.78 Å². The molecular formula is C16H17Cl3F2N2O3. The van der Waals surface area contributed by atoms with E-state index in [0.717, 1.165) is 11.9 Å². The molecule has 0 saturated heterocycles. The number of carbonyl (C=O) groups is 2. The first-order valence-corrected chi connectivity index (χ1v) is 8.35. The Balaban J connectivity index is 3.53. The highest BCUT2D eigenvalue weighted by atomic mass is 35.5. The molecule has 0 aliphatic rings. The van der Waals surface area contributed by atoms with Crippen molar-refractivity contribution in [2.75, 3.05) is 20.6 Å². The van der Waals surface area contributed by atoms with Crippen LogP contribution >= 0.6 is 34.8 Å². The van der Waals surface area contributed by atoms with Crippen molar-refractivity contribution in [3.63, 3.8) is 0 Å². The fourth-order valence-electron chi connectivity index (χ4n) is 2.60. The van der Waals surface area contributed by atoms with Gasteiger partial charge in [-0.15, -0.1) is 6.58 Å². The van der Waals surface area contributed by atoms with Crippen molar-refractivity contribution >= 4 is 46.8 Å². The van der Waals surface area contributed by atoms with E-state index < -0.39 is 29.5 Å². The lowest BCUT2D eigenvalue weighted by Gasteiger charge is -2.43. The van der Waals surface area contributed by atoms with Crippen LogP contribution in [0.15, 0.2) is 30.9 Å². The second-order valence-corrected chi connectivity index (χ2v) is 6.94. The van der Waals surface area contributed by atoms with Crippen LogP contribution in [0.25, 0.3) is 0 Å². The minimum atomic E-state index is -4.12. The molecule has 0 bridgehead atoms. The summed E-state index contributed by atoms with van der Waals surface area (Å²) in [4.78, 5) is 25.0. The number of halogens is 5. The summed E-state index contributed by atoms with van der Waals surface area (Å²) in [6.45, 7) is 3.18. The monoisotopic (exact) mass is 428 g/mol. The maximum atomic E-state index is 13.2. The minimum Gasteiger partial charge on any atom is -0.465 e. The molecule has 0 saturated carbocycles. The molecule has 144 valence electrons. The Bertz CT molecular complexity index is 712. The Labute approximate surface area is 164 Å². The predicted molar refractivity (Wildman–Crippen MR) is 97.2 cm³/mol. The summed E-state index contributed by atoms with van der Waals surface area (Å²) in [5.74, 6) is -1.66. The summed E-state index contributed by atoms with van der Waals surface area (Å²) in [5, 5.41) is 5.76. The van der Waals surface area contributed by atoms with Crippen LogP contribution < -0.4 is 0 Å². The van der Waals surface area contributed by atoms with Crippen molar-refractivity contribution in [1.82, 2.24) is 9.80 Å². The van der Waals surface area contributed by atoms with Gasteiger partial charge in [0.25, 0.3) is 0 Å². The van der Waals surface area contributed by atoms with E-state index in [1.807, 2.05) is 0 Å². The molecule has 2 amide bonds. The van der Waals surface area contributed by atoms with Crippen LogP contribution in [-0.4, -0.2) is 52.9 Å². The van der Waals surface area contributed by atoms with E-state index in [-0.39, 0.29) is 16.5 Å². The summed E-state index contributed by atoms with van der Waals surface area (Å²) in [5.41, 5.74) is -1.08. The van der Waals surface area contributed by atoms with Gasteiger partial charge in [0.15, 0.2) is 0 Å². The zero-order valence-electron chi connectivity index (χ0n) is 14.0. The van der Waals surface area contributed by atoms with Gasteiger partial charge in [0, 0.05) is 20.6 Å². The third-order valence-corrected chi connectivity index (χ3v) is 4.86. The number of hydrogen-bond donors (Lipinski definition) is 1. The lowest BCUT2D eigenvalue weighted by Crippen LogP contribution is -2.55. The number of benzene rings is 1. The largest absolute Gasteiger partial charge is 0.465 e. The topological polar surface area (TPSA) is 60.9 Å². The molecule has 1 aromatic rings. The van der Waals surface area contributed by atoms with E-state index in [1.54, 1.807) is 0 Å². The maximum Gasteiger partial charge on any atom is 0.407 e. The smallest absolute Gasteiger partial charge is 0.407 e. The van der Waals surface area contributed by atoms with Crippen LogP contribution in [0.5, 0.6) is 0 Å². The molecule has 26 heavy (non-hydrogen) atoms. The Morgan fingerprint density at radius 3 is 2.27 bits per heavy atom. The zero-order chi connectivity index (χ0) is 20.3. The van der Waals surface area contributed by atoms with Crippen LogP contribution in [0.4, 0.5) is 13.6 Å². The summed E-state index contributed by atoms with van der Waals surface area (Å²) in [6, 6.07) is 4.38. The van der Waals surface area contributed by atoms with Crippen molar-refractivity contribution in [1.29, 1.82) is 0 Å². The molecule has 0 spiro atoms. The van der Waals surface area contributed by atoms with Crippen molar-refractivity contribution in [3.8, 4) is 0 Å². The van der Waals surface area contributed by atoms with Crippen LogP contribution in [-0.2, 0) is 10.3 Å². The molecule has 10 heteroatoms. The maximum absolute atomic E-state index is 13.2. The van der Waals surface area contributed by atoms with Gasteiger partial charge in [0.05, 0.1) is 15.6 Å². The lowest BCUT2D eigenvalue weighted by molar-refractivity contribution is -0.147. The Kier molecular flexibility index (Phi) is 7.27. The van der Waals surface area contributed by atoms with Gasteiger partial charge < -0.3 is 10.0 Å². The summed E-state index contributed by atoms with van der Waals surface area (Å²) in [7, 11) is 2.36. The highest BCUT2D eigenvalue weighted by Gasteiger charge is 2.45. The van der Waals surface area contributed by atoms with Gasteiger partial charge in [-0.05, 0) is 35.7 Å². The zero-order valence-corrected chi connectivity index (χ0v) is 16.2. The number of likely N-dealkylation sites (N-methyl/N-ethyl adjacent to an activating group) is 2. The molecule has 0 radical (unpaired) electrons. The van der Waals surface area contributed by atoms with Crippen molar-refractivity contribution in [3.05, 3.63) is 46.5 Å². The van der Waals surface area contributed by atoms with Gasteiger partial charge in [-0.25, -0.2) is 4.79 Å². The molecule has 0 aliphatic carbocycles. The van der Waals surface area contributed by atoms with Gasteiger partial charge in [0.1, 0.15) is 0 Å². The molecule has 0 fully saturated rings. The van der Waals surface area contributed by atoms with E-state index in [9.17, 15) is 23.5 Å². The standard InChI is InChI=1S/C16H17Cl3F2N2O3/c1-4-7-15(23(3)14(25)26,9-22(2)13(24)16(19,20)21)10-5-6-11(17)12(18)8-10/h4-6,8H,1,7,9H2,2-3H3,(H,25,26).